The van der Waals surface area contributed by atoms with Crippen molar-refractivity contribution >= 4 is 12.7 Å². The molecule has 0 unspecified atom stereocenters. The Morgan fingerprint density at radius 2 is 2.00 bits per heavy atom. The molecular formula is C11H11BF4KN. The number of anilines is 1. The van der Waals surface area contributed by atoms with E-state index in [4.69, 9.17) is 0 Å². The average Bonchev–Trinajstić information content (AvgIpc) is 2.60. The minimum atomic E-state index is -5.02. The van der Waals surface area contributed by atoms with Gasteiger partial charge < -0.3 is 17.8 Å². The molecule has 0 N–H and O–H groups in total. The van der Waals surface area contributed by atoms with E-state index in [0.29, 0.717) is 18.7 Å². The number of fused-ring (bicyclic) bond motifs is 1. The van der Waals surface area contributed by atoms with Crippen LogP contribution in [0, 0.1) is 5.82 Å². The van der Waals surface area contributed by atoms with Crippen molar-refractivity contribution in [2.45, 2.75) is 6.42 Å². The quantitative estimate of drug-likeness (QED) is 0.563. The maximum Gasteiger partial charge on any atom is 1.00 e. The zero-order valence-corrected chi connectivity index (χ0v) is 13.2. The van der Waals surface area contributed by atoms with Crippen LogP contribution in [0.1, 0.15) is 5.56 Å². The molecule has 1 nitrogen and oxygen atoms in total. The Balaban J connectivity index is 0.00000162. The van der Waals surface area contributed by atoms with E-state index in [-0.39, 0.29) is 57.9 Å². The van der Waals surface area contributed by atoms with Crippen LogP contribution in [0.4, 0.5) is 23.0 Å². The number of benzene rings is 1. The number of rotatable bonds is 3. The topological polar surface area (TPSA) is 3.24 Å². The maximum absolute atomic E-state index is 13.0. The van der Waals surface area contributed by atoms with E-state index in [9.17, 15) is 17.3 Å². The van der Waals surface area contributed by atoms with Crippen LogP contribution in [0.5, 0.6) is 0 Å². The second kappa shape index (κ2) is 6.09. The molecule has 1 aromatic rings. The van der Waals surface area contributed by atoms with Gasteiger partial charge in [-0.3, -0.25) is 0 Å². The first kappa shape index (κ1) is 16.2. The van der Waals surface area contributed by atoms with Crippen LogP contribution in [-0.2, 0) is 6.42 Å². The summed E-state index contributed by atoms with van der Waals surface area (Å²) in [4.78, 5) is 1.52. The predicted molar refractivity (Wildman–Crippen MR) is 60.5 cm³/mol. The molecule has 1 heterocycles. The van der Waals surface area contributed by atoms with Crippen molar-refractivity contribution in [3.8, 4) is 0 Å². The van der Waals surface area contributed by atoms with E-state index in [0.717, 1.165) is 5.56 Å². The predicted octanol–water partition coefficient (Wildman–Crippen LogP) is 0.135. The normalized spacial score (nSPS) is 14.1. The Kier molecular flexibility index (Phi) is 5.49. The van der Waals surface area contributed by atoms with Gasteiger partial charge in [0, 0.05) is 18.8 Å². The van der Waals surface area contributed by atoms with Crippen molar-refractivity contribution in [3.63, 3.8) is 0 Å². The summed E-state index contributed by atoms with van der Waals surface area (Å²) in [6.07, 6.45) is 0.647. The monoisotopic (exact) mass is 283 g/mol. The number of hydrogen-bond acceptors (Lipinski definition) is 1. The second-order valence-electron chi connectivity index (χ2n) is 4.18. The molecule has 92 valence electrons. The van der Waals surface area contributed by atoms with Gasteiger partial charge in [0.15, 0.2) is 0 Å². The van der Waals surface area contributed by atoms with Crippen molar-refractivity contribution in [1.82, 2.24) is 0 Å². The molecule has 0 spiro atoms. The van der Waals surface area contributed by atoms with Gasteiger partial charge in [0.25, 0.3) is 0 Å². The third-order valence-electron chi connectivity index (χ3n) is 2.90. The second-order valence-corrected chi connectivity index (χ2v) is 4.18. The van der Waals surface area contributed by atoms with Crippen molar-refractivity contribution < 1.29 is 68.7 Å². The molecular weight excluding hydrogens is 272 g/mol. The van der Waals surface area contributed by atoms with E-state index < -0.39 is 18.3 Å². The van der Waals surface area contributed by atoms with Gasteiger partial charge >= 0.3 is 58.4 Å². The fraction of sp³-hybridized carbons (Fsp3) is 0.273. The first-order valence-electron chi connectivity index (χ1n) is 5.29. The van der Waals surface area contributed by atoms with Crippen LogP contribution in [0.25, 0.3) is 0 Å². The molecule has 0 saturated carbocycles. The van der Waals surface area contributed by atoms with Crippen LogP contribution in [0.15, 0.2) is 30.3 Å². The van der Waals surface area contributed by atoms with Gasteiger partial charge in [0.05, 0.1) is 0 Å². The average molecular weight is 283 g/mol. The van der Waals surface area contributed by atoms with Crippen LogP contribution in [0.2, 0.25) is 0 Å². The van der Waals surface area contributed by atoms with Crippen LogP contribution >= 0.6 is 0 Å². The molecule has 0 atom stereocenters. The number of halogens is 4. The fourth-order valence-corrected chi connectivity index (χ4v) is 1.93. The Morgan fingerprint density at radius 3 is 2.61 bits per heavy atom. The Morgan fingerprint density at radius 1 is 1.33 bits per heavy atom. The largest absolute Gasteiger partial charge is 1.00 e. The standard InChI is InChI=1S/C11H11BF4N.K/c1-8(12(14,15)16)7-17-5-4-9-2-3-10(13)6-11(9)17;/h2-3,6H,1,4-5,7H2;/q-1;+1. The minimum absolute atomic E-state index is 0. The van der Waals surface area contributed by atoms with Crippen LogP contribution < -0.4 is 56.3 Å². The number of hydrogen-bond donors (Lipinski definition) is 0. The van der Waals surface area contributed by atoms with Crippen molar-refractivity contribution in [3.05, 3.63) is 41.6 Å². The van der Waals surface area contributed by atoms with Crippen LogP contribution in [0.3, 0.4) is 0 Å². The van der Waals surface area contributed by atoms with Crippen LogP contribution in [-0.4, -0.2) is 20.1 Å². The molecule has 0 saturated heterocycles. The Bertz CT molecular complexity index is 461. The van der Waals surface area contributed by atoms with Gasteiger partial charge in [-0.15, -0.1) is 12.1 Å². The van der Waals surface area contributed by atoms with Gasteiger partial charge in [-0.1, -0.05) is 6.07 Å². The summed E-state index contributed by atoms with van der Waals surface area (Å²) < 4.78 is 50.3. The molecule has 0 aromatic heterocycles. The smallest absolute Gasteiger partial charge is 0.445 e. The van der Waals surface area contributed by atoms with Crippen molar-refractivity contribution in [2.24, 2.45) is 0 Å². The fourth-order valence-electron chi connectivity index (χ4n) is 1.93. The first-order chi connectivity index (χ1) is 7.88. The molecule has 1 aliphatic rings. The summed E-state index contributed by atoms with van der Waals surface area (Å²) in [5.41, 5.74) is 0.683. The van der Waals surface area contributed by atoms with Gasteiger partial charge in [-0.25, -0.2) is 4.39 Å². The molecule has 1 aliphatic heterocycles. The molecule has 0 fully saturated rings. The first-order valence-corrected chi connectivity index (χ1v) is 5.29. The zero-order valence-electron chi connectivity index (χ0n) is 10.1. The SMILES string of the molecule is C=C(CN1CCc2ccc(F)cc21)[B-](F)(F)F.[K+]. The zero-order chi connectivity index (χ0) is 12.6. The third kappa shape index (κ3) is 3.60. The summed E-state index contributed by atoms with van der Waals surface area (Å²) in [6.45, 7) is -1.77. The molecule has 0 bridgehead atoms. The van der Waals surface area contributed by atoms with E-state index in [1.807, 2.05) is 0 Å². The summed E-state index contributed by atoms with van der Waals surface area (Å²) >= 11 is 0. The minimum Gasteiger partial charge on any atom is -0.445 e. The van der Waals surface area contributed by atoms with E-state index >= 15 is 0 Å². The molecule has 18 heavy (non-hydrogen) atoms. The van der Waals surface area contributed by atoms with E-state index in [1.54, 1.807) is 6.07 Å². The molecule has 2 rings (SSSR count). The molecule has 0 aliphatic carbocycles. The molecule has 1 aromatic carbocycles. The molecule has 0 amide bonds. The third-order valence-corrected chi connectivity index (χ3v) is 2.90. The van der Waals surface area contributed by atoms with Gasteiger partial charge in [0.2, 0.25) is 0 Å². The van der Waals surface area contributed by atoms with E-state index in [2.05, 4.69) is 6.58 Å². The Labute approximate surface area is 146 Å². The van der Waals surface area contributed by atoms with Gasteiger partial charge in [-0.05, 0) is 24.1 Å². The Hall–Kier alpha value is 0.181. The summed E-state index contributed by atoms with van der Waals surface area (Å²) in [6, 6.07) is 4.22. The van der Waals surface area contributed by atoms with Crippen molar-refractivity contribution in [2.75, 3.05) is 18.0 Å². The number of nitrogens with zero attached hydrogens (tertiary/aromatic N) is 1. The summed E-state index contributed by atoms with van der Waals surface area (Å²) in [7, 11) is 0. The molecule has 0 radical (unpaired) electrons. The maximum atomic E-state index is 13.0. The summed E-state index contributed by atoms with van der Waals surface area (Å²) in [5, 5.41) is 0. The van der Waals surface area contributed by atoms with Crippen molar-refractivity contribution in [1.29, 1.82) is 0 Å². The van der Waals surface area contributed by atoms with Gasteiger partial charge in [-0.2, -0.15) is 0 Å². The molecule has 7 heteroatoms. The summed E-state index contributed by atoms with van der Waals surface area (Å²) in [5.74, 6) is -0.432. The van der Waals surface area contributed by atoms with E-state index in [1.165, 1.54) is 17.0 Å². The van der Waals surface area contributed by atoms with Gasteiger partial charge in [0.1, 0.15) is 5.82 Å².